The van der Waals surface area contributed by atoms with Crippen LogP contribution >= 0.6 is 0 Å². The molecule has 0 amide bonds. The number of benzene rings is 1. The number of nitrogens with zero attached hydrogens (tertiary/aromatic N) is 2. The summed E-state index contributed by atoms with van der Waals surface area (Å²) in [6.45, 7) is 3.52. The number of piperidine rings is 1. The lowest BCUT2D eigenvalue weighted by molar-refractivity contribution is 0.189. The van der Waals surface area contributed by atoms with Crippen LogP contribution in [0.15, 0.2) is 24.3 Å². The van der Waals surface area contributed by atoms with Crippen molar-refractivity contribution >= 4 is 0 Å². The molecule has 1 saturated heterocycles. The fraction of sp³-hybridized carbons (Fsp3) is 0.588. The molecule has 0 atom stereocenters. The molecule has 0 bridgehead atoms. The SMILES string of the molecule is N#CCOc1ccc(CNC2CCN(C3CC3)CC2)cc1. The Morgan fingerprint density at radius 2 is 1.86 bits per heavy atom. The molecule has 0 unspecified atom stereocenters. The van der Waals surface area contributed by atoms with Crippen molar-refractivity contribution in [3.05, 3.63) is 29.8 Å². The Morgan fingerprint density at radius 3 is 2.48 bits per heavy atom. The topological polar surface area (TPSA) is 48.3 Å². The van der Waals surface area contributed by atoms with Gasteiger partial charge in [-0.05, 0) is 56.5 Å². The van der Waals surface area contributed by atoms with Gasteiger partial charge >= 0.3 is 0 Å². The van der Waals surface area contributed by atoms with Crippen molar-refractivity contribution in [2.24, 2.45) is 0 Å². The Bertz CT molecular complexity index is 482. The summed E-state index contributed by atoms with van der Waals surface area (Å²) in [4.78, 5) is 2.65. The van der Waals surface area contributed by atoms with Gasteiger partial charge in [0.05, 0.1) is 0 Å². The van der Waals surface area contributed by atoms with Gasteiger partial charge in [-0.2, -0.15) is 5.26 Å². The Kier molecular flexibility index (Phi) is 4.74. The van der Waals surface area contributed by atoms with Crippen molar-refractivity contribution in [1.82, 2.24) is 10.2 Å². The molecule has 4 nitrogen and oxygen atoms in total. The highest BCUT2D eigenvalue weighted by atomic mass is 16.5. The minimum atomic E-state index is 0.108. The van der Waals surface area contributed by atoms with Gasteiger partial charge in [-0.3, -0.25) is 0 Å². The highest BCUT2D eigenvalue weighted by Gasteiger charge is 2.31. The molecule has 1 N–H and O–H groups in total. The zero-order chi connectivity index (χ0) is 14.5. The predicted molar refractivity (Wildman–Crippen MR) is 82.0 cm³/mol. The maximum absolute atomic E-state index is 8.48. The monoisotopic (exact) mass is 285 g/mol. The van der Waals surface area contributed by atoms with E-state index >= 15 is 0 Å². The van der Waals surface area contributed by atoms with Crippen LogP contribution in [0.1, 0.15) is 31.2 Å². The van der Waals surface area contributed by atoms with Gasteiger partial charge < -0.3 is 15.0 Å². The molecule has 0 spiro atoms. The van der Waals surface area contributed by atoms with Crippen LogP contribution in [0.3, 0.4) is 0 Å². The van der Waals surface area contributed by atoms with Crippen LogP contribution in [0, 0.1) is 11.3 Å². The van der Waals surface area contributed by atoms with E-state index in [1.807, 2.05) is 18.2 Å². The van der Waals surface area contributed by atoms with E-state index in [1.165, 1.54) is 44.3 Å². The molecule has 112 valence electrons. The standard InChI is InChI=1S/C17H23N3O/c18-9-12-21-17-5-1-14(2-6-17)13-19-15-7-10-20(11-8-15)16-3-4-16/h1-2,5-6,15-16,19H,3-4,7-8,10-13H2. The molecule has 1 heterocycles. The quantitative estimate of drug-likeness (QED) is 0.871. The molecule has 2 fully saturated rings. The summed E-state index contributed by atoms with van der Waals surface area (Å²) in [5.41, 5.74) is 1.27. The van der Waals surface area contributed by atoms with Crippen LogP contribution in [0.5, 0.6) is 5.75 Å². The van der Waals surface area contributed by atoms with Crippen molar-refractivity contribution in [2.75, 3.05) is 19.7 Å². The summed E-state index contributed by atoms with van der Waals surface area (Å²) in [5, 5.41) is 12.1. The Labute approximate surface area is 126 Å². The molecule has 21 heavy (non-hydrogen) atoms. The van der Waals surface area contributed by atoms with Crippen LogP contribution in [-0.4, -0.2) is 36.7 Å². The number of nitriles is 1. The van der Waals surface area contributed by atoms with Gasteiger partial charge in [-0.15, -0.1) is 0 Å². The normalized spacial score (nSPS) is 20.1. The third kappa shape index (κ3) is 4.20. The Hall–Kier alpha value is -1.57. The first-order chi connectivity index (χ1) is 10.3. The smallest absolute Gasteiger partial charge is 0.174 e. The molecule has 4 heteroatoms. The maximum atomic E-state index is 8.48. The molecule has 1 aliphatic heterocycles. The van der Waals surface area contributed by atoms with Gasteiger partial charge in [0.2, 0.25) is 0 Å². The first kappa shape index (κ1) is 14.4. The number of rotatable bonds is 6. The molecule has 0 radical (unpaired) electrons. The minimum Gasteiger partial charge on any atom is -0.479 e. The number of ether oxygens (including phenoxy) is 1. The van der Waals surface area contributed by atoms with E-state index in [0.717, 1.165) is 18.3 Å². The second kappa shape index (κ2) is 6.93. The van der Waals surface area contributed by atoms with Crippen molar-refractivity contribution in [2.45, 2.75) is 44.3 Å². The lowest BCUT2D eigenvalue weighted by atomic mass is 10.0. The zero-order valence-electron chi connectivity index (χ0n) is 12.4. The van der Waals surface area contributed by atoms with E-state index in [1.54, 1.807) is 0 Å². The summed E-state index contributed by atoms with van der Waals surface area (Å²) in [6.07, 6.45) is 5.36. The van der Waals surface area contributed by atoms with Crippen molar-refractivity contribution in [1.29, 1.82) is 5.26 Å². The van der Waals surface area contributed by atoms with Crippen molar-refractivity contribution in [3.8, 4) is 11.8 Å². The molecule has 1 aromatic carbocycles. The van der Waals surface area contributed by atoms with E-state index in [2.05, 4.69) is 22.3 Å². The molecule has 1 aromatic rings. The van der Waals surface area contributed by atoms with Crippen molar-refractivity contribution in [3.63, 3.8) is 0 Å². The van der Waals surface area contributed by atoms with Crippen molar-refractivity contribution < 1.29 is 4.74 Å². The zero-order valence-corrected chi connectivity index (χ0v) is 12.4. The van der Waals surface area contributed by atoms with Gasteiger partial charge in [-0.1, -0.05) is 12.1 Å². The number of hydrogen-bond donors (Lipinski definition) is 1. The average molecular weight is 285 g/mol. The summed E-state index contributed by atoms with van der Waals surface area (Å²) in [7, 11) is 0. The minimum absolute atomic E-state index is 0.108. The van der Waals surface area contributed by atoms with Gasteiger partial charge in [0, 0.05) is 18.6 Å². The molecule has 3 rings (SSSR count). The van der Waals surface area contributed by atoms with E-state index < -0.39 is 0 Å². The number of likely N-dealkylation sites (tertiary alicyclic amines) is 1. The first-order valence-electron chi connectivity index (χ1n) is 7.91. The van der Waals surface area contributed by atoms with Crippen LogP contribution in [0.2, 0.25) is 0 Å². The predicted octanol–water partition coefficient (Wildman–Crippen LogP) is 2.31. The fourth-order valence-electron chi connectivity index (χ4n) is 2.99. The van der Waals surface area contributed by atoms with Gasteiger partial charge in [0.25, 0.3) is 0 Å². The van der Waals surface area contributed by atoms with Crippen LogP contribution in [0.25, 0.3) is 0 Å². The number of hydrogen-bond acceptors (Lipinski definition) is 4. The summed E-state index contributed by atoms with van der Waals surface area (Å²) >= 11 is 0. The molecular formula is C17H23N3O. The second-order valence-electron chi connectivity index (χ2n) is 6.01. The van der Waals surface area contributed by atoms with E-state index in [9.17, 15) is 0 Å². The lowest BCUT2D eigenvalue weighted by Gasteiger charge is -2.32. The van der Waals surface area contributed by atoms with Crippen LogP contribution in [0.4, 0.5) is 0 Å². The van der Waals surface area contributed by atoms with E-state index in [4.69, 9.17) is 10.00 Å². The molecule has 1 aliphatic carbocycles. The lowest BCUT2D eigenvalue weighted by Crippen LogP contribution is -2.43. The largest absolute Gasteiger partial charge is 0.479 e. The molecular weight excluding hydrogens is 262 g/mol. The molecule has 2 aliphatic rings. The third-order valence-electron chi connectivity index (χ3n) is 4.41. The second-order valence-corrected chi connectivity index (χ2v) is 6.01. The van der Waals surface area contributed by atoms with Crippen LogP contribution < -0.4 is 10.1 Å². The van der Waals surface area contributed by atoms with Crippen LogP contribution in [-0.2, 0) is 6.54 Å². The molecule has 1 saturated carbocycles. The fourth-order valence-corrected chi connectivity index (χ4v) is 2.99. The Morgan fingerprint density at radius 1 is 1.14 bits per heavy atom. The number of nitrogens with one attached hydrogen (secondary N) is 1. The highest BCUT2D eigenvalue weighted by Crippen LogP contribution is 2.29. The van der Waals surface area contributed by atoms with Gasteiger partial charge in [-0.25, -0.2) is 0 Å². The average Bonchev–Trinajstić information content (AvgIpc) is 3.37. The third-order valence-corrected chi connectivity index (χ3v) is 4.41. The Balaban J connectivity index is 1.39. The van der Waals surface area contributed by atoms with Gasteiger partial charge in [0.15, 0.2) is 6.61 Å². The van der Waals surface area contributed by atoms with E-state index in [-0.39, 0.29) is 6.61 Å². The summed E-state index contributed by atoms with van der Waals surface area (Å²) in [6, 6.07) is 11.5. The maximum Gasteiger partial charge on any atom is 0.174 e. The summed E-state index contributed by atoms with van der Waals surface area (Å²) < 4.78 is 5.26. The van der Waals surface area contributed by atoms with E-state index in [0.29, 0.717) is 6.04 Å². The molecule has 0 aromatic heterocycles. The first-order valence-corrected chi connectivity index (χ1v) is 7.91. The summed E-state index contributed by atoms with van der Waals surface area (Å²) in [5.74, 6) is 0.762. The highest BCUT2D eigenvalue weighted by molar-refractivity contribution is 5.27. The van der Waals surface area contributed by atoms with Gasteiger partial charge in [0.1, 0.15) is 11.8 Å².